The lowest BCUT2D eigenvalue weighted by atomic mass is 9.82. The molecule has 21 heavy (non-hydrogen) atoms. The van der Waals surface area contributed by atoms with Gasteiger partial charge in [-0.1, -0.05) is 32.9 Å². The van der Waals surface area contributed by atoms with Crippen LogP contribution in [0.2, 0.25) is 0 Å². The quantitative estimate of drug-likeness (QED) is 0.669. The van der Waals surface area contributed by atoms with E-state index in [1.54, 1.807) is 0 Å². The second-order valence-corrected chi connectivity index (χ2v) is 6.80. The van der Waals surface area contributed by atoms with Gasteiger partial charge in [-0.3, -0.25) is 4.79 Å². The normalized spacial score (nSPS) is 27.1. The highest BCUT2D eigenvalue weighted by atomic mass is 16.5. The number of hydrogen-bond donors (Lipinski definition) is 1. The van der Waals surface area contributed by atoms with Crippen LogP contribution in [-0.2, 0) is 9.53 Å². The number of carbonyl (C=O) groups is 1. The van der Waals surface area contributed by atoms with Crippen molar-refractivity contribution in [3.8, 4) is 0 Å². The molecule has 3 atom stereocenters. The van der Waals surface area contributed by atoms with E-state index in [0.717, 1.165) is 24.1 Å². The minimum Gasteiger partial charge on any atom is -0.462 e. The lowest BCUT2D eigenvalue weighted by Gasteiger charge is -2.31. The molecule has 2 rings (SSSR count). The van der Waals surface area contributed by atoms with Gasteiger partial charge >= 0.3 is 5.97 Å². The van der Waals surface area contributed by atoms with Gasteiger partial charge in [-0.15, -0.1) is 0 Å². The Bertz CT molecular complexity index is 459. The van der Waals surface area contributed by atoms with Gasteiger partial charge in [0.2, 0.25) is 0 Å². The summed E-state index contributed by atoms with van der Waals surface area (Å²) < 4.78 is 5.68. The van der Waals surface area contributed by atoms with Crippen molar-refractivity contribution in [1.29, 1.82) is 0 Å². The van der Waals surface area contributed by atoms with Gasteiger partial charge in [-0.2, -0.15) is 0 Å². The van der Waals surface area contributed by atoms with Crippen molar-refractivity contribution in [2.45, 2.75) is 58.5 Å². The largest absolute Gasteiger partial charge is 0.462 e. The second kappa shape index (κ2) is 6.97. The third kappa shape index (κ3) is 4.76. The van der Waals surface area contributed by atoms with E-state index in [1.165, 1.54) is 6.42 Å². The molecule has 3 nitrogen and oxygen atoms in total. The lowest BCUT2D eigenvalue weighted by molar-refractivity contribution is -0.152. The van der Waals surface area contributed by atoms with Crippen molar-refractivity contribution < 1.29 is 9.53 Å². The van der Waals surface area contributed by atoms with Gasteiger partial charge in [0.15, 0.2) is 0 Å². The number of carbonyl (C=O) groups excluding carboxylic acids is 1. The van der Waals surface area contributed by atoms with Crippen molar-refractivity contribution in [2.75, 3.05) is 5.73 Å². The number of nitrogen functional groups attached to an aromatic ring is 1. The van der Waals surface area contributed by atoms with Gasteiger partial charge < -0.3 is 10.5 Å². The summed E-state index contributed by atoms with van der Waals surface area (Å²) in [6, 6.07) is 7.72. The fraction of sp³-hybridized carbons (Fsp3) is 0.611. The molecule has 0 aliphatic heterocycles. The maximum Gasteiger partial charge on any atom is 0.306 e. The topological polar surface area (TPSA) is 52.3 Å². The van der Waals surface area contributed by atoms with Gasteiger partial charge in [-0.05, 0) is 54.7 Å². The van der Waals surface area contributed by atoms with Crippen molar-refractivity contribution in [3.05, 3.63) is 29.8 Å². The Hall–Kier alpha value is -1.51. The molecule has 0 spiro atoms. The van der Waals surface area contributed by atoms with E-state index >= 15 is 0 Å². The van der Waals surface area contributed by atoms with Gasteiger partial charge in [0.1, 0.15) is 6.10 Å². The Kier molecular flexibility index (Phi) is 5.27. The summed E-state index contributed by atoms with van der Waals surface area (Å²) in [6.07, 6.45) is 3.80. The van der Waals surface area contributed by atoms with Gasteiger partial charge in [0, 0.05) is 5.69 Å². The van der Waals surface area contributed by atoms with E-state index in [2.05, 4.69) is 20.8 Å². The van der Waals surface area contributed by atoms with Crippen LogP contribution in [0.1, 0.15) is 57.9 Å². The molecule has 0 amide bonds. The minimum atomic E-state index is -0.0781. The minimum absolute atomic E-state index is 0.0781. The number of rotatable bonds is 4. The zero-order valence-corrected chi connectivity index (χ0v) is 13.3. The summed E-state index contributed by atoms with van der Waals surface area (Å²) in [7, 11) is 0. The molecule has 1 aromatic carbocycles. The van der Waals surface area contributed by atoms with Gasteiger partial charge in [0.05, 0.1) is 6.42 Å². The van der Waals surface area contributed by atoms with Crippen molar-refractivity contribution in [1.82, 2.24) is 0 Å². The molecule has 2 N–H and O–H groups in total. The number of ether oxygens (including phenoxy) is 1. The first kappa shape index (κ1) is 15.9. The number of nitrogens with two attached hydrogens (primary N) is 1. The highest BCUT2D eigenvalue weighted by molar-refractivity contribution is 5.70. The van der Waals surface area contributed by atoms with E-state index in [1.807, 2.05) is 24.3 Å². The summed E-state index contributed by atoms with van der Waals surface area (Å²) >= 11 is 0. The first-order chi connectivity index (χ1) is 9.94. The molecule has 1 aromatic rings. The molecule has 0 heterocycles. The fourth-order valence-corrected chi connectivity index (χ4v) is 3.40. The van der Waals surface area contributed by atoms with Crippen LogP contribution in [0.4, 0.5) is 5.69 Å². The highest BCUT2D eigenvalue weighted by Crippen LogP contribution is 2.31. The lowest BCUT2D eigenvalue weighted by Crippen LogP contribution is -2.28. The Morgan fingerprint density at radius 2 is 1.76 bits per heavy atom. The molecule has 1 saturated carbocycles. The van der Waals surface area contributed by atoms with E-state index < -0.39 is 0 Å². The number of esters is 1. The van der Waals surface area contributed by atoms with Crippen LogP contribution in [0, 0.1) is 11.8 Å². The second-order valence-electron chi connectivity index (χ2n) is 6.80. The van der Waals surface area contributed by atoms with Crippen LogP contribution in [0.5, 0.6) is 0 Å². The maximum absolute atomic E-state index is 12.1. The fourth-order valence-electron chi connectivity index (χ4n) is 3.40. The average Bonchev–Trinajstić information content (AvgIpc) is 2.37. The van der Waals surface area contributed by atoms with Crippen molar-refractivity contribution >= 4 is 11.7 Å². The van der Waals surface area contributed by atoms with Crippen LogP contribution < -0.4 is 5.73 Å². The van der Waals surface area contributed by atoms with Crippen molar-refractivity contribution in [2.24, 2.45) is 11.8 Å². The summed E-state index contributed by atoms with van der Waals surface area (Å²) in [5.74, 6) is 1.39. The Morgan fingerprint density at radius 3 is 2.33 bits per heavy atom. The smallest absolute Gasteiger partial charge is 0.306 e. The Labute approximate surface area is 127 Å². The summed E-state index contributed by atoms with van der Waals surface area (Å²) in [6.45, 7) is 6.54. The Balaban J connectivity index is 1.85. The Morgan fingerprint density at radius 1 is 1.19 bits per heavy atom. The zero-order valence-electron chi connectivity index (χ0n) is 13.3. The molecule has 116 valence electrons. The monoisotopic (exact) mass is 289 g/mol. The van der Waals surface area contributed by atoms with Crippen LogP contribution in [0.25, 0.3) is 0 Å². The average molecular weight is 289 g/mol. The molecule has 0 aromatic heterocycles. The number of anilines is 1. The molecular weight excluding hydrogens is 262 g/mol. The van der Waals surface area contributed by atoms with Crippen molar-refractivity contribution in [3.63, 3.8) is 0 Å². The predicted octanol–water partition coefficient (Wildman–Crippen LogP) is 4.13. The van der Waals surface area contributed by atoms with E-state index in [9.17, 15) is 4.79 Å². The highest BCUT2D eigenvalue weighted by Gasteiger charge is 2.27. The first-order valence-electron chi connectivity index (χ1n) is 7.99. The molecule has 3 unspecified atom stereocenters. The van der Waals surface area contributed by atoms with E-state index in [-0.39, 0.29) is 18.0 Å². The molecule has 3 heteroatoms. The first-order valence-corrected chi connectivity index (χ1v) is 7.99. The maximum atomic E-state index is 12.1. The molecule has 0 bridgehead atoms. The summed E-state index contributed by atoms with van der Waals surface area (Å²) in [5.41, 5.74) is 7.57. The SMILES string of the molecule is CC1CC(C)CC(OC(=O)CC(C)c2ccc(N)cc2)C1. The molecule has 0 saturated heterocycles. The third-order valence-corrected chi connectivity index (χ3v) is 4.41. The molecule has 0 radical (unpaired) electrons. The van der Waals surface area contributed by atoms with Crippen LogP contribution in [0.3, 0.4) is 0 Å². The van der Waals surface area contributed by atoms with Gasteiger partial charge in [0.25, 0.3) is 0 Å². The van der Waals surface area contributed by atoms with E-state index in [0.29, 0.717) is 18.3 Å². The number of benzene rings is 1. The third-order valence-electron chi connectivity index (χ3n) is 4.41. The number of hydrogen-bond acceptors (Lipinski definition) is 3. The molecule has 1 aliphatic carbocycles. The predicted molar refractivity (Wildman–Crippen MR) is 85.9 cm³/mol. The standard InChI is InChI=1S/C18H27NO2/c1-12-8-13(2)10-17(9-12)21-18(20)11-14(3)15-4-6-16(19)7-5-15/h4-7,12-14,17H,8-11,19H2,1-3H3. The molecule has 1 aliphatic rings. The van der Waals surface area contributed by atoms with Crippen LogP contribution in [0.15, 0.2) is 24.3 Å². The van der Waals surface area contributed by atoms with Crippen LogP contribution >= 0.6 is 0 Å². The summed E-state index contributed by atoms with van der Waals surface area (Å²) in [5, 5.41) is 0. The van der Waals surface area contributed by atoms with E-state index in [4.69, 9.17) is 10.5 Å². The zero-order chi connectivity index (χ0) is 15.4. The van der Waals surface area contributed by atoms with Gasteiger partial charge in [-0.25, -0.2) is 0 Å². The molecule has 1 fully saturated rings. The van der Waals surface area contributed by atoms with Crippen LogP contribution in [-0.4, -0.2) is 12.1 Å². The summed E-state index contributed by atoms with van der Waals surface area (Å²) in [4.78, 5) is 12.1. The molecular formula is C18H27NO2.